The molecular weight excluding hydrogens is 424 g/mol. The van der Waals surface area contributed by atoms with Crippen molar-refractivity contribution in [2.45, 2.75) is 6.42 Å². The number of hydrogen-bond donors (Lipinski definition) is 0. The van der Waals surface area contributed by atoms with Crippen molar-refractivity contribution in [3.63, 3.8) is 0 Å². The molecule has 0 unspecified atom stereocenters. The Morgan fingerprint density at radius 2 is 1.76 bits per heavy atom. The second-order valence-electron chi connectivity index (χ2n) is 8.60. The monoisotopic (exact) mass is 452 g/mol. The number of aromatic nitrogens is 4. The zero-order valence-corrected chi connectivity index (χ0v) is 19.6. The predicted octanol–water partition coefficient (Wildman–Crippen LogP) is 4.37. The number of rotatable bonds is 5. The Bertz CT molecular complexity index is 1320. The number of ether oxygens (including phenoxy) is 1. The zero-order chi connectivity index (χ0) is 23.5. The van der Waals surface area contributed by atoms with Gasteiger partial charge in [-0.15, -0.1) is 0 Å². The molecule has 0 N–H and O–H groups in total. The molecular formula is C27H28N6O. The van der Waals surface area contributed by atoms with Crippen molar-refractivity contribution in [3.8, 4) is 28.3 Å². The van der Waals surface area contributed by atoms with Crippen molar-refractivity contribution in [1.29, 1.82) is 0 Å². The van der Waals surface area contributed by atoms with Crippen LogP contribution in [0.5, 0.6) is 5.88 Å². The lowest BCUT2D eigenvalue weighted by molar-refractivity contribution is 0.342. The van der Waals surface area contributed by atoms with Gasteiger partial charge in [0.15, 0.2) is 0 Å². The Hall–Kier alpha value is -3.84. The van der Waals surface area contributed by atoms with Crippen LogP contribution in [0.1, 0.15) is 12.0 Å². The highest BCUT2D eigenvalue weighted by atomic mass is 16.5. The first kappa shape index (κ1) is 22.0. The summed E-state index contributed by atoms with van der Waals surface area (Å²) in [5.41, 5.74) is 6.76. The van der Waals surface area contributed by atoms with Gasteiger partial charge in [0.2, 0.25) is 5.88 Å². The van der Waals surface area contributed by atoms with Gasteiger partial charge in [-0.3, -0.25) is 4.98 Å². The van der Waals surface area contributed by atoms with Crippen molar-refractivity contribution in [3.05, 3.63) is 73.5 Å². The van der Waals surface area contributed by atoms with Crippen LogP contribution in [0.15, 0.2) is 67.9 Å². The smallest absolute Gasteiger partial charge is 0.212 e. The van der Waals surface area contributed by atoms with Crippen LogP contribution in [0.3, 0.4) is 0 Å². The van der Waals surface area contributed by atoms with Crippen LogP contribution in [-0.2, 0) is 0 Å². The Labute approximate surface area is 199 Å². The molecule has 0 radical (unpaired) electrons. The molecule has 1 saturated heterocycles. The lowest BCUT2D eigenvalue weighted by atomic mass is 10.0. The van der Waals surface area contributed by atoms with E-state index in [1.807, 2.05) is 36.8 Å². The van der Waals surface area contributed by atoms with Crippen molar-refractivity contribution in [2.75, 3.05) is 40.3 Å². The molecule has 5 rings (SSSR count). The second kappa shape index (κ2) is 9.57. The van der Waals surface area contributed by atoms with Crippen LogP contribution < -0.4 is 4.74 Å². The molecule has 4 heterocycles. The zero-order valence-electron chi connectivity index (χ0n) is 19.6. The van der Waals surface area contributed by atoms with Crippen molar-refractivity contribution >= 4 is 16.6 Å². The minimum atomic E-state index is 0.590. The normalized spacial score (nSPS) is 14.7. The van der Waals surface area contributed by atoms with Gasteiger partial charge in [0, 0.05) is 72.1 Å². The Morgan fingerprint density at radius 1 is 0.882 bits per heavy atom. The van der Waals surface area contributed by atoms with Crippen molar-refractivity contribution in [1.82, 2.24) is 29.7 Å². The van der Waals surface area contributed by atoms with Crippen LogP contribution in [0.2, 0.25) is 0 Å². The molecule has 0 spiro atoms. The quantitative estimate of drug-likeness (QED) is 0.445. The third kappa shape index (κ3) is 4.47. The van der Waals surface area contributed by atoms with E-state index in [0.717, 1.165) is 77.1 Å². The molecule has 7 nitrogen and oxygen atoms in total. The third-order valence-electron chi connectivity index (χ3n) is 6.36. The number of methoxy groups -OCH3 is 1. The number of hydrogen-bond acceptors (Lipinski definition) is 7. The van der Waals surface area contributed by atoms with Gasteiger partial charge in [0.1, 0.15) is 6.33 Å². The van der Waals surface area contributed by atoms with E-state index in [0.29, 0.717) is 5.88 Å². The minimum Gasteiger partial charge on any atom is -0.481 e. The van der Waals surface area contributed by atoms with E-state index in [2.05, 4.69) is 61.6 Å². The van der Waals surface area contributed by atoms with Crippen LogP contribution in [-0.4, -0.2) is 70.1 Å². The predicted molar refractivity (Wildman–Crippen MR) is 135 cm³/mol. The van der Waals surface area contributed by atoms with Gasteiger partial charge in [-0.1, -0.05) is 12.6 Å². The van der Waals surface area contributed by atoms with Gasteiger partial charge in [0.25, 0.3) is 0 Å². The summed E-state index contributed by atoms with van der Waals surface area (Å²) in [6, 6.07) is 12.2. The summed E-state index contributed by atoms with van der Waals surface area (Å²) in [5.74, 6) is 0.590. The molecule has 1 fully saturated rings. The molecule has 3 aromatic heterocycles. The highest BCUT2D eigenvalue weighted by molar-refractivity contribution is 5.95. The molecule has 0 bridgehead atoms. The van der Waals surface area contributed by atoms with Gasteiger partial charge in [-0.05, 0) is 49.8 Å². The Balaban J connectivity index is 1.50. The number of benzene rings is 1. The average molecular weight is 453 g/mol. The summed E-state index contributed by atoms with van der Waals surface area (Å²) in [6.45, 7) is 8.51. The van der Waals surface area contributed by atoms with E-state index >= 15 is 0 Å². The highest BCUT2D eigenvalue weighted by Crippen LogP contribution is 2.31. The molecule has 172 valence electrons. The summed E-state index contributed by atoms with van der Waals surface area (Å²) in [5, 5.41) is 0.969. The minimum absolute atomic E-state index is 0.590. The standard InChI is InChI=1S/C27H28N6O/c1-19(33-10-4-9-32(2)11-12-33)22-13-23(16-28-15-22)27-24-14-20(5-7-25(24)30-18-31-27)21-6-8-26(34-3)29-17-21/h5-8,13-18H,1,4,9-12H2,2-3H3. The lowest BCUT2D eigenvalue weighted by Gasteiger charge is -2.25. The molecule has 34 heavy (non-hydrogen) atoms. The molecule has 0 aliphatic carbocycles. The molecule has 0 amide bonds. The highest BCUT2D eigenvalue weighted by Gasteiger charge is 2.16. The fourth-order valence-corrected chi connectivity index (χ4v) is 4.36. The number of fused-ring (bicyclic) bond motifs is 1. The van der Waals surface area contributed by atoms with Crippen LogP contribution in [0.4, 0.5) is 0 Å². The molecule has 4 aromatic rings. The largest absolute Gasteiger partial charge is 0.481 e. The summed E-state index contributed by atoms with van der Waals surface area (Å²) in [6.07, 6.45) is 8.30. The molecule has 7 heteroatoms. The van der Waals surface area contributed by atoms with Crippen molar-refractivity contribution < 1.29 is 4.74 Å². The van der Waals surface area contributed by atoms with Crippen LogP contribution in [0, 0.1) is 0 Å². The van der Waals surface area contributed by atoms with Crippen LogP contribution >= 0.6 is 0 Å². The molecule has 0 atom stereocenters. The van der Waals surface area contributed by atoms with Gasteiger partial charge in [0.05, 0.1) is 18.3 Å². The van der Waals surface area contributed by atoms with E-state index in [1.165, 1.54) is 0 Å². The average Bonchev–Trinajstić information content (AvgIpc) is 3.12. The topological polar surface area (TPSA) is 67.3 Å². The van der Waals surface area contributed by atoms with Gasteiger partial charge in [-0.25, -0.2) is 15.0 Å². The maximum atomic E-state index is 5.19. The molecule has 0 saturated carbocycles. The third-order valence-corrected chi connectivity index (χ3v) is 6.36. The lowest BCUT2D eigenvalue weighted by Crippen LogP contribution is -2.27. The summed E-state index contributed by atoms with van der Waals surface area (Å²) in [7, 11) is 3.79. The number of nitrogens with zero attached hydrogens (tertiary/aromatic N) is 6. The van der Waals surface area contributed by atoms with Gasteiger partial charge in [-0.2, -0.15) is 0 Å². The molecule has 1 aliphatic heterocycles. The van der Waals surface area contributed by atoms with E-state index in [4.69, 9.17) is 4.74 Å². The maximum Gasteiger partial charge on any atom is 0.212 e. The maximum absolute atomic E-state index is 5.19. The number of likely N-dealkylation sites (N-methyl/N-ethyl adjacent to an activating group) is 1. The molecule has 1 aromatic carbocycles. The summed E-state index contributed by atoms with van der Waals surface area (Å²) >= 11 is 0. The fraction of sp³-hybridized carbons (Fsp3) is 0.259. The fourth-order valence-electron chi connectivity index (χ4n) is 4.36. The van der Waals surface area contributed by atoms with Gasteiger partial charge < -0.3 is 14.5 Å². The first-order valence-electron chi connectivity index (χ1n) is 11.5. The van der Waals surface area contributed by atoms with Gasteiger partial charge >= 0.3 is 0 Å². The molecule has 1 aliphatic rings. The summed E-state index contributed by atoms with van der Waals surface area (Å²) < 4.78 is 5.19. The van der Waals surface area contributed by atoms with Crippen molar-refractivity contribution in [2.24, 2.45) is 0 Å². The first-order chi connectivity index (χ1) is 16.6. The van der Waals surface area contributed by atoms with E-state index in [-0.39, 0.29) is 0 Å². The Kier molecular flexibility index (Phi) is 6.18. The first-order valence-corrected chi connectivity index (χ1v) is 11.5. The summed E-state index contributed by atoms with van der Waals surface area (Å²) in [4.78, 5) is 22.7. The SMILES string of the molecule is C=C(c1cncc(-c2ncnc3ccc(-c4ccc(OC)nc4)cc23)c1)N1CCCN(C)CC1. The Morgan fingerprint density at radius 3 is 2.59 bits per heavy atom. The second-order valence-corrected chi connectivity index (χ2v) is 8.60. The van der Waals surface area contributed by atoms with E-state index in [1.54, 1.807) is 13.4 Å². The van der Waals surface area contributed by atoms with E-state index < -0.39 is 0 Å². The van der Waals surface area contributed by atoms with E-state index in [9.17, 15) is 0 Å². The number of pyridine rings is 2. The van der Waals surface area contributed by atoms with Crippen LogP contribution in [0.25, 0.3) is 39.0 Å².